The van der Waals surface area contributed by atoms with Gasteiger partial charge in [-0.15, -0.1) is 0 Å². The van der Waals surface area contributed by atoms with Crippen LogP contribution >= 0.6 is 0 Å². The zero-order valence-corrected chi connectivity index (χ0v) is 8.42. The summed E-state index contributed by atoms with van der Waals surface area (Å²) in [6, 6.07) is 0.213. The van der Waals surface area contributed by atoms with Crippen LogP contribution in [0.2, 0.25) is 0 Å². The molecule has 1 saturated heterocycles. The Morgan fingerprint density at radius 1 is 1.77 bits per heavy atom. The van der Waals surface area contributed by atoms with Crippen LogP contribution in [0.1, 0.15) is 20.3 Å². The summed E-state index contributed by atoms with van der Waals surface area (Å²) >= 11 is 0. The van der Waals surface area contributed by atoms with Crippen LogP contribution in [0.25, 0.3) is 0 Å². The minimum absolute atomic E-state index is 0.0338. The van der Waals surface area contributed by atoms with Gasteiger partial charge in [-0.1, -0.05) is 0 Å². The van der Waals surface area contributed by atoms with Crippen LogP contribution in [0.15, 0.2) is 0 Å². The molecule has 4 heteroatoms. The Morgan fingerprint density at radius 2 is 2.46 bits per heavy atom. The summed E-state index contributed by atoms with van der Waals surface area (Å²) in [5.74, 6) is 0.108. The quantitative estimate of drug-likeness (QED) is 0.626. The second-order valence-electron chi connectivity index (χ2n) is 3.61. The second-order valence-corrected chi connectivity index (χ2v) is 3.61. The topological polar surface area (TPSA) is 58.4 Å². The van der Waals surface area contributed by atoms with E-state index < -0.39 is 0 Å². The molecule has 0 radical (unpaired) electrons. The van der Waals surface area contributed by atoms with Gasteiger partial charge in [0.15, 0.2) is 0 Å². The van der Waals surface area contributed by atoms with Crippen molar-refractivity contribution in [3.8, 4) is 0 Å². The van der Waals surface area contributed by atoms with E-state index in [1.807, 2.05) is 13.8 Å². The number of likely N-dealkylation sites (tertiary alicyclic amines) is 1. The number of carbonyl (C=O) groups is 1. The van der Waals surface area contributed by atoms with E-state index in [1.165, 1.54) is 0 Å². The number of nitrogens with zero attached hydrogens (tertiary/aromatic N) is 1. The molecule has 0 spiro atoms. The standard InChI is InChI=1S/C9H19N3O/c1-3-11-9(13)7(2)12-5-4-8(10)6-12/h7-8H,3-6,10H2,1-2H3,(H,11,13)/t7?,8-/m1/s1. The highest BCUT2D eigenvalue weighted by Gasteiger charge is 2.27. The summed E-state index contributed by atoms with van der Waals surface area (Å²) in [6.45, 7) is 6.35. The molecular formula is C9H19N3O. The first kappa shape index (κ1) is 10.5. The normalized spacial score (nSPS) is 25.9. The Bertz CT molecular complexity index is 184. The van der Waals surface area contributed by atoms with Crippen molar-refractivity contribution in [3.63, 3.8) is 0 Å². The Kier molecular flexibility index (Phi) is 3.69. The molecule has 1 unspecified atom stereocenters. The molecule has 0 aliphatic carbocycles. The van der Waals surface area contributed by atoms with Crippen molar-refractivity contribution in [2.24, 2.45) is 5.73 Å². The average molecular weight is 185 g/mol. The van der Waals surface area contributed by atoms with Gasteiger partial charge in [0.05, 0.1) is 6.04 Å². The van der Waals surface area contributed by atoms with E-state index in [9.17, 15) is 4.79 Å². The number of carbonyl (C=O) groups excluding carboxylic acids is 1. The molecule has 4 nitrogen and oxygen atoms in total. The van der Waals surface area contributed by atoms with Crippen molar-refractivity contribution in [1.29, 1.82) is 0 Å². The van der Waals surface area contributed by atoms with Gasteiger partial charge in [-0.2, -0.15) is 0 Å². The number of likely N-dealkylation sites (N-methyl/N-ethyl adjacent to an activating group) is 1. The Hall–Kier alpha value is -0.610. The van der Waals surface area contributed by atoms with Gasteiger partial charge in [-0.05, 0) is 20.3 Å². The molecule has 0 aromatic carbocycles. The van der Waals surface area contributed by atoms with Gasteiger partial charge in [-0.25, -0.2) is 0 Å². The van der Waals surface area contributed by atoms with Gasteiger partial charge in [0.2, 0.25) is 5.91 Å². The summed E-state index contributed by atoms with van der Waals surface area (Å²) < 4.78 is 0. The molecule has 1 aliphatic heterocycles. The van der Waals surface area contributed by atoms with Gasteiger partial charge >= 0.3 is 0 Å². The number of hydrogen-bond donors (Lipinski definition) is 2. The van der Waals surface area contributed by atoms with E-state index in [0.29, 0.717) is 6.54 Å². The van der Waals surface area contributed by atoms with Crippen LogP contribution in [0.3, 0.4) is 0 Å². The third-order valence-electron chi connectivity index (χ3n) is 2.53. The first-order valence-corrected chi connectivity index (χ1v) is 4.92. The van der Waals surface area contributed by atoms with Crippen LogP contribution in [0, 0.1) is 0 Å². The molecule has 1 amide bonds. The van der Waals surface area contributed by atoms with E-state index >= 15 is 0 Å². The van der Waals surface area contributed by atoms with E-state index in [2.05, 4.69) is 10.2 Å². The fourth-order valence-electron chi connectivity index (χ4n) is 1.65. The van der Waals surface area contributed by atoms with Crippen molar-refractivity contribution in [2.45, 2.75) is 32.4 Å². The van der Waals surface area contributed by atoms with E-state index in [-0.39, 0.29) is 18.0 Å². The van der Waals surface area contributed by atoms with Gasteiger partial charge in [0.25, 0.3) is 0 Å². The van der Waals surface area contributed by atoms with Crippen molar-refractivity contribution >= 4 is 5.91 Å². The van der Waals surface area contributed by atoms with Gasteiger partial charge in [0, 0.05) is 25.7 Å². The number of amides is 1. The smallest absolute Gasteiger partial charge is 0.237 e. The molecule has 0 aromatic heterocycles. The number of nitrogens with two attached hydrogens (primary N) is 1. The van der Waals surface area contributed by atoms with Crippen molar-refractivity contribution in [1.82, 2.24) is 10.2 Å². The molecular weight excluding hydrogens is 166 g/mol. The Labute approximate surface area is 79.5 Å². The summed E-state index contributed by atoms with van der Waals surface area (Å²) in [6.07, 6.45) is 1.00. The van der Waals surface area contributed by atoms with E-state index in [4.69, 9.17) is 5.73 Å². The van der Waals surface area contributed by atoms with Crippen LogP contribution in [-0.4, -0.2) is 42.5 Å². The maximum atomic E-state index is 11.4. The molecule has 0 aromatic rings. The Balaban J connectivity index is 2.38. The van der Waals surface area contributed by atoms with Gasteiger partial charge in [-0.3, -0.25) is 9.69 Å². The highest BCUT2D eigenvalue weighted by molar-refractivity contribution is 5.81. The fourth-order valence-corrected chi connectivity index (χ4v) is 1.65. The summed E-state index contributed by atoms with van der Waals surface area (Å²) in [5, 5.41) is 2.82. The first-order valence-electron chi connectivity index (χ1n) is 4.92. The molecule has 0 bridgehead atoms. The number of nitrogens with one attached hydrogen (secondary N) is 1. The molecule has 76 valence electrons. The molecule has 1 aliphatic rings. The maximum absolute atomic E-state index is 11.4. The zero-order valence-electron chi connectivity index (χ0n) is 8.42. The van der Waals surface area contributed by atoms with E-state index in [0.717, 1.165) is 19.5 Å². The minimum Gasteiger partial charge on any atom is -0.355 e. The second kappa shape index (κ2) is 4.58. The predicted molar refractivity (Wildman–Crippen MR) is 52.3 cm³/mol. The predicted octanol–water partition coefficient (Wildman–Crippen LogP) is -0.456. The molecule has 2 atom stereocenters. The lowest BCUT2D eigenvalue weighted by atomic mass is 10.3. The fraction of sp³-hybridized carbons (Fsp3) is 0.889. The Morgan fingerprint density at radius 3 is 2.92 bits per heavy atom. The highest BCUT2D eigenvalue weighted by Crippen LogP contribution is 2.10. The largest absolute Gasteiger partial charge is 0.355 e. The third-order valence-corrected chi connectivity index (χ3v) is 2.53. The summed E-state index contributed by atoms with van der Waals surface area (Å²) in [7, 11) is 0. The lowest BCUT2D eigenvalue weighted by molar-refractivity contribution is -0.125. The third kappa shape index (κ3) is 2.67. The SMILES string of the molecule is CCNC(=O)C(C)N1CC[C@@H](N)C1. The van der Waals surface area contributed by atoms with Crippen LogP contribution in [0.5, 0.6) is 0 Å². The van der Waals surface area contributed by atoms with Crippen LogP contribution in [-0.2, 0) is 4.79 Å². The molecule has 0 saturated carbocycles. The highest BCUT2D eigenvalue weighted by atomic mass is 16.2. The molecule has 1 heterocycles. The lowest BCUT2D eigenvalue weighted by Gasteiger charge is -2.22. The molecule has 3 N–H and O–H groups in total. The monoisotopic (exact) mass is 185 g/mol. The van der Waals surface area contributed by atoms with Crippen molar-refractivity contribution < 1.29 is 4.79 Å². The summed E-state index contributed by atoms with van der Waals surface area (Å²) in [5.41, 5.74) is 5.76. The van der Waals surface area contributed by atoms with Crippen LogP contribution < -0.4 is 11.1 Å². The number of rotatable bonds is 3. The molecule has 1 fully saturated rings. The minimum atomic E-state index is -0.0338. The van der Waals surface area contributed by atoms with Gasteiger partial charge in [0.1, 0.15) is 0 Å². The van der Waals surface area contributed by atoms with Gasteiger partial charge < -0.3 is 11.1 Å². The first-order chi connectivity index (χ1) is 6.15. The summed E-state index contributed by atoms with van der Waals surface area (Å²) in [4.78, 5) is 13.6. The van der Waals surface area contributed by atoms with Crippen molar-refractivity contribution in [2.75, 3.05) is 19.6 Å². The maximum Gasteiger partial charge on any atom is 0.237 e. The lowest BCUT2D eigenvalue weighted by Crippen LogP contribution is -2.44. The van der Waals surface area contributed by atoms with E-state index in [1.54, 1.807) is 0 Å². The zero-order chi connectivity index (χ0) is 9.84. The number of hydrogen-bond acceptors (Lipinski definition) is 3. The van der Waals surface area contributed by atoms with Crippen molar-refractivity contribution in [3.05, 3.63) is 0 Å². The van der Waals surface area contributed by atoms with Crippen LogP contribution in [0.4, 0.5) is 0 Å². The average Bonchev–Trinajstić information content (AvgIpc) is 2.51. The molecule has 13 heavy (non-hydrogen) atoms. The molecule has 1 rings (SSSR count).